The first-order chi connectivity index (χ1) is 13.6. The summed E-state index contributed by atoms with van der Waals surface area (Å²) in [6, 6.07) is 5.16. The van der Waals surface area contributed by atoms with Crippen molar-refractivity contribution in [2.75, 3.05) is 18.4 Å². The second-order valence-electron chi connectivity index (χ2n) is 7.32. The van der Waals surface area contributed by atoms with Gasteiger partial charge in [-0.25, -0.2) is 17.5 Å². The molecule has 1 aromatic rings. The van der Waals surface area contributed by atoms with Gasteiger partial charge in [-0.1, -0.05) is 12.1 Å². The second kappa shape index (κ2) is 7.98. The number of rotatable bonds is 4. The Hall–Kier alpha value is -2.68. The van der Waals surface area contributed by atoms with Gasteiger partial charge in [0.15, 0.2) is 0 Å². The zero-order valence-corrected chi connectivity index (χ0v) is 17.2. The molecule has 0 aliphatic carbocycles. The van der Waals surface area contributed by atoms with Crippen molar-refractivity contribution in [1.29, 1.82) is 5.26 Å². The summed E-state index contributed by atoms with van der Waals surface area (Å²) in [6.07, 6.45) is 0. The van der Waals surface area contributed by atoms with E-state index in [1.165, 1.54) is 6.07 Å². The summed E-state index contributed by atoms with van der Waals surface area (Å²) in [7, 11) is -4.14. The molecule has 2 aliphatic rings. The van der Waals surface area contributed by atoms with E-state index < -0.39 is 28.5 Å². The van der Waals surface area contributed by atoms with Crippen LogP contribution in [0.3, 0.4) is 0 Å². The first kappa shape index (κ1) is 21.0. The highest BCUT2D eigenvalue weighted by Crippen LogP contribution is 2.32. The van der Waals surface area contributed by atoms with Gasteiger partial charge in [-0.15, -0.1) is 0 Å². The molecule has 0 bridgehead atoms. The third-order valence-electron chi connectivity index (χ3n) is 5.16. The van der Waals surface area contributed by atoms with E-state index in [-0.39, 0.29) is 34.8 Å². The van der Waals surface area contributed by atoms with Gasteiger partial charge < -0.3 is 16.0 Å². The molecule has 29 heavy (non-hydrogen) atoms. The minimum Gasteiger partial charge on any atom is -0.350 e. The van der Waals surface area contributed by atoms with E-state index in [9.17, 15) is 18.0 Å². The highest BCUT2D eigenvalue weighted by molar-refractivity contribution is 7.90. The van der Waals surface area contributed by atoms with Crippen molar-refractivity contribution in [2.45, 2.75) is 49.8 Å². The lowest BCUT2D eigenvalue weighted by atomic mass is 9.98. The van der Waals surface area contributed by atoms with E-state index in [4.69, 9.17) is 5.26 Å². The molecular formula is C18H24N6O4S. The van der Waals surface area contributed by atoms with E-state index >= 15 is 0 Å². The molecule has 0 aromatic heterocycles. The summed E-state index contributed by atoms with van der Waals surface area (Å²) in [5.41, 5.74) is 0.693. The number of anilines is 1. The Balaban J connectivity index is 1.70. The van der Waals surface area contributed by atoms with Crippen LogP contribution >= 0.6 is 0 Å². The summed E-state index contributed by atoms with van der Waals surface area (Å²) in [6.45, 7) is 5.12. The Morgan fingerprint density at radius 2 is 2.17 bits per heavy atom. The number of amides is 3. The highest BCUT2D eigenvalue weighted by Gasteiger charge is 2.39. The Morgan fingerprint density at radius 1 is 1.45 bits per heavy atom. The van der Waals surface area contributed by atoms with Crippen molar-refractivity contribution in [3.8, 4) is 6.07 Å². The summed E-state index contributed by atoms with van der Waals surface area (Å²) < 4.78 is 26.4. The van der Waals surface area contributed by atoms with Crippen molar-refractivity contribution in [1.82, 2.24) is 20.3 Å². The second-order valence-corrected chi connectivity index (χ2v) is 9.12. The number of carbonyl (C=O) groups excluding carboxylic acids is 2. The van der Waals surface area contributed by atoms with Crippen molar-refractivity contribution in [2.24, 2.45) is 0 Å². The minimum absolute atomic E-state index is 0.00485. The number of fused-ring (bicyclic) bond motifs is 1. The van der Waals surface area contributed by atoms with Gasteiger partial charge in [0.05, 0.1) is 11.8 Å². The number of sulfonamides is 1. The molecule has 2 heterocycles. The van der Waals surface area contributed by atoms with Crippen LogP contribution in [0.4, 0.5) is 10.5 Å². The van der Waals surface area contributed by atoms with Gasteiger partial charge in [0, 0.05) is 24.7 Å². The van der Waals surface area contributed by atoms with E-state index in [1.807, 2.05) is 6.92 Å². The number of hydrogen-bond donors (Lipinski definition) is 4. The molecule has 156 valence electrons. The number of nitrogens with one attached hydrogen (secondary N) is 4. The van der Waals surface area contributed by atoms with E-state index in [1.54, 1.807) is 26.0 Å². The van der Waals surface area contributed by atoms with E-state index in [0.717, 1.165) is 0 Å². The van der Waals surface area contributed by atoms with Gasteiger partial charge in [-0.05, 0) is 32.4 Å². The molecule has 1 fully saturated rings. The average Bonchev–Trinajstić information content (AvgIpc) is 2.64. The number of carbonyl (C=O) groups is 2. The van der Waals surface area contributed by atoms with Gasteiger partial charge in [0.2, 0.25) is 5.91 Å². The van der Waals surface area contributed by atoms with Gasteiger partial charge in [0.1, 0.15) is 17.5 Å². The molecule has 1 aromatic carbocycles. The van der Waals surface area contributed by atoms with E-state index in [2.05, 4.69) is 27.3 Å². The molecule has 0 radical (unpaired) electrons. The molecule has 10 nitrogen and oxygen atoms in total. The monoisotopic (exact) mass is 420 g/mol. The zero-order valence-electron chi connectivity index (χ0n) is 16.4. The van der Waals surface area contributed by atoms with Crippen LogP contribution in [-0.4, -0.2) is 61.9 Å². The number of aryl methyl sites for hydroxylation is 1. The summed E-state index contributed by atoms with van der Waals surface area (Å²) in [5, 5.41) is 20.6. The topological polar surface area (TPSA) is 143 Å². The summed E-state index contributed by atoms with van der Waals surface area (Å²) >= 11 is 0. The van der Waals surface area contributed by atoms with Crippen LogP contribution < -0.4 is 21.3 Å². The van der Waals surface area contributed by atoms with Crippen molar-refractivity contribution < 1.29 is 18.0 Å². The summed E-state index contributed by atoms with van der Waals surface area (Å²) in [4.78, 5) is 24.8. The van der Waals surface area contributed by atoms with Gasteiger partial charge >= 0.3 is 6.03 Å². The standard InChI is InChI=1S/C18H24N6O4S/c1-10-5-4-6-14-17(10)29(27,28)24(18(26)23-14)9-15(25)22-12(3)16-11(2)21-13(7-19)8-20-16/h4-6,11-13,16,20-21H,8-9H2,1-3H3,(H,22,25)(H,23,26)/t11?,12-,13?,16?/m1/s1. The number of nitrogens with zero attached hydrogens (tertiary/aromatic N) is 2. The molecule has 0 spiro atoms. The van der Waals surface area contributed by atoms with Crippen molar-refractivity contribution in [3.05, 3.63) is 23.8 Å². The summed E-state index contributed by atoms with van der Waals surface area (Å²) in [5.74, 6) is -0.593. The third kappa shape index (κ3) is 4.05. The molecule has 4 N–H and O–H groups in total. The maximum atomic E-state index is 12.9. The van der Waals surface area contributed by atoms with Crippen LogP contribution in [0.15, 0.2) is 23.1 Å². The Morgan fingerprint density at radius 3 is 2.83 bits per heavy atom. The molecule has 3 amide bonds. The number of nitriles is 1. The predicted molar refractivity (Wildman–Crippen MR) is 105 cm³/mol. The molecule has 3 unspecified atom stereocenters. The fourth-order valence-corrected chi connectivity index (χ4v) is 5.41. The van der Waals surface area contributed by atoms with Crippen LogP contribution in [0.1, 0.15) is 19.4 Å². The molecule has 3 rings (SSSR count). The number of benzene rings is 1. The smallest absolute Gasteiger partial charge is 0.336 e. The average molecular weight is 420 g/mol. The number of urea groups is 1. The maximum absolute atomic E-state index is 12.9. The lowest BCUT2D eigenvalue weighted by Gasteiger charge is -2.38. The van der Waals surface area contributed by atoms with Gasteiger partial charge in [0.25, 0.3) is 10.0 Å². The lowest BCUT2D eigenvalue weighted by molar-refractivity contribution is -0.121. The first-order valence-corrected chi connectivity index (χ1v) is 10.7. The van der Waals surface area contributed by atoms with Gasteiger partial charge in [-0.3, -0.25) is 10.1 Å². The largest absolute Gasteiger partial charge is 0.350 e. The quantitative estimate of drug-likeness (QED) is 0.531. The predicted octanol–water partition coefficient (Wildman–Crippen LogP) is -0.122. The molecule has 0 saturated carbocycles. The Labute approximate surface area is 169 Å². The fraction of sp³-hybridized carbons (Fsp3) is 0.500. The molecule has 11 heteroatoms. The normalized spacial score (nSPS) is 26.6. The van der Waals surface area contributed by atoms with Crippen LogP contribution in [0.2, 0.25) is 0 Å². The molecule has 1 saturated heterocycles. The molecule has 2 aliphatic heterocycles. The zero-order chi connectivity index (χ0) is 21.3. The Bertz CT molecular complexity index is 973. The van der Waals surface area contributed by atoms with Crippen molar-refractivity contribution in [3.63, 3.8) is 0 Å². The molecular weight excluding hydrogens is 396 g/mol. The van der Waals surface area contributed by atoms with Crippen LogP contribution in [-0.2, 0) is 14.8 Å². The molecule has 4 atom stereocenters. The van der Waals surface area contributed by atoms with Crippen LogP contribution in [0.25, 0.3) is 0 Å². The SMILES string of the molecule is Cc1cccc2c1S(=O)(=O)N(CC(=O)N[C@H](C)C1NCC(C#N)NC1C)C(=O)N2. The number of piperazine rings is 1. The van der Waals surface area contributed by atoms with Crippen LogP contribution in [0.5, 0.6) is 0 Å². The Kier molecular flexibility index (Phi) is 5.79. The van der Waals surface area contributed by atoms with E-state index in [0.29, 0.717) is 16.4 Å². The van der Waals surface area contributed by atoms with Crippen LogP contribution in [0, 0.1) is 18.3 Å². The minimum atomic E-state index is -4.14. The lowest BCUT2D eigenvalue weighted by Crippen LogP contribution is -2.65. The first-order valence-electron chi connectivity index (χ1n) is 9.27. The third-order valence-corrected chi connectivity index (χ3v) is 7.09. The highest BCUT2D eigenvalue weighted by atomic mass is 32.2. The van der Waals surface area contributed by atoms with Crippen molar-refractivity contribution >= 4 is 27.6 Å². The maximum Gasteiger partial charge on any atom is 0.336 e. The fourth-order valence-electron chi connectivity index (χ4n) is 3.77. The number of hydrogen-bond acceptors (Lipinski definition) is 7. The van der Waals surface area contributed by atoms with Gasteiger partial charge in [-0.2, -0.15) is 5.26 Å².